The van der Waals surface area contributed by atoms with E-state index in [0.29, 0.717) is 25.4 Å². The summed E-state index contributed by atoms with van der Waals surface area (Å²) in [5, 5.41) is 0. The second kappa shape index (κ2) is 7.79. The van der Waals surface area contributed by atoms with E-state index in [-0.39, 0.29) is 18.6 Å². The molecule has 2 aromatic rings. The zero-order chi connectivity index (χ0) is 16.8. The predicted molar refractivity (Wildman–Crippen MR) is 88.0 cm³/mol. The maximum absolute atomic E-state index is 12.4. The number of morpholine rings is 1. The molecule has 0 radical (unpaired) electrons. The summed E-state index contributed by atoms with van der Waals surface area (Å²) in [6.45, 7) is 1.62. The van der Waals surface area contributed by atoms with Gasteiger partial charge in [-0.25, -0.2) is 0 Å². The third-order valence-electron chi connectivity index (χ3n) is 3.92. The van der Waals surface area contributed by atoms with Gasteiger partial charge >= 0.3 is 0 Å². The SMILES string of the molecule is COc1ccc(OCC(=O)N2CCO[C@@H](c3ccncc3)C2)cc1. The van der Waals surface area contributed by atoms with E-state index in [4.69, 9.17) is 14.2 Å². The molecule has 1 atom stereocenters. The number of pyridine rings is 1. The molecular formula is C18H20N2O4. The number of carbonyl (C=O) groups excluding carboxylic acids is 1. The van der Waals surface area contributed by atoms with Gasteiger partial charge in [0, 0.05) is 18.9 Å². The zero-order valence-electron chi connectivity index (χ0n) is 13.6. The second-order valence-electron chi connectivity index (χ2n) is 5.44. The smallest absolute Gasteiger partial charge is 0.260 e. The number of hydrogen-bond donors (Lipinski definition) is 0. The monoisotopic (exact) mass is 328 g/mol. The first kappa shape index (κ1) is 16.3. The lowest BCUT2D eigenvalue weighted by molar-refractivity contribution is -0.141. The lowest BCUT2D eigenvalue weighted by Gasteiger charge is -2.33. The topological polar surface area (TPSA) is 60.9 Å². The van der Waals surface area contributed by atoms with Crippen LogP contribution < -0.4 is 9.47 Å². The van der Waals surface area contributed by atoms with E-state index < -0.39 is 0 Å². The number of methoxy groups -OCH3 is 1. The molecular weight excluding hydrogens is 308 g/mol. The van der Waals surface area contributed by atoms with Crippen LogP contribution in [0.5, 0.6) is 11.5 Å². The van der Waals surface area contributed by atoms with Gasteiger partial charge in [0.15, 0.2) is 6.61 Å². The normalized spacial score (nSPS) is 17.4. The molecule has 1 aromatic heterocycles. The van der Waals surface area contributed by atoms with Gasteiger partial charge in [-0.3, -0.25) is 9.78 Å². The van der Waals surface area contributed by atoms with E-state index >= 15 is 0 Å². The maximum atomic E-state index is 12.4. The predicted octanol–water partition coefficient (Wildman–Crippen LogP) is 2.07. The summed E-state index contributed by atoms with van der Waals surface area (Å²) in [6.07, 6.45) is 3.34. The standard InChI is InChI=1S/C18H20N2O4/c1-22-15-2-4-16(5-3-15)24-13-18(21)20-10-11-23-17(12-20)14-6-8-19-9-7-14/h2-9,17H,10-13H2,1H3/t17-/m1/s1. The summed E-state index contributed by atoms with van der Waals surface area (Å²) < 4.78 is 16.4. The zero-order valence-corrected chi connectivity index (χ0v) is 13.6. The van der Waals surface area contributed by atoms with E-state index in [0.717, 1.165) is 11.3 Å². The number of benzene rings is 1. The van der Waals surface area contributed by atoms with Crippen molar-refractivity contribution >= 4 is 5.91 Å². The minimum absolute atomic E-state index is 0.00932. The van der Waals surface area contributed by atoms with Crippen molar-refractivity contribution in [1.82, 2.24) is 9.88 Å². The van der Waals surface area contributed by atoms with E-state index in [1.165, 1.54) is 0 Å². The van der Waals surface area contributed by atoms with Crippen molar-refractivity contribution in [3.8, 4) is 11.5 Å². The first-order valence-electron chi connectivity index (χ1n) is 7.82. The Bertz CT molecular complexity index is 660. The Morgan fingerprint density at radius 3 is 2.62 bits per heavy atom. The molecule has 0 bridgehead atoms. The molecule has 0 saturated carbocycles. The van der Waals surface area contributed by atoms with Crippen molar-refractivity contribution in [3.05, 3.63) is 54.4 Å². The first-order valence-corrected chi connectivity index (χ1v) is 7.82. The van der Waals surface area contributed by atoms with E-state index in [1.807, 2.05) is 12.1 Å². The van der Waals surface area contributed by atoms with Gasteiger partial charge in [-0.15, -0.1) is 0 Å². The molecule has 6 nitrogen and oxygen atoms in total. The minimum Gasteiger partial charge on any atom is -0.497 e. The molecule has 1 amide bonds. The van der Waals surface area contributed by atoms with Crippen LogP contribution in [0.15, 0.2) is 48.8 Å². The number of nitrogens with zero attached hydrogens (tertiary/aromatic N) is 2. The highest BCUT2D eigenvalue weighted by molar-refractivity contribution is 5.78. The Morgan fingerprint density at radius 1 is 1.21 bits per heavy atom. The Kier molecular flexibility index (Phi) is 5.28. The molecule has 1 aliphatic rings. The van der Waals surface area contributed by atoms with Gasteiger partial charge in [-0.1, -0.05) is 0 Å². The van der Waals surface area contributed by atoms with E-state index in [9.17, 15) is 4.79 Å². The minimum atomic E-state index is -0.119. The van der Waals surface area contributed by atoms with Gasteiger partial charge < -0.3 is 19.1 Å². The Morgan fingerprint density at radius 2 is 1.92 bits per heavy atom. The van der Waals surface area contributed by atoms with Crippen LogP contribution in [-0.4, -0.2) is 49.2 Å². The van der Waals surface area contributed by atoms with Crippen molar-refractivity contribution in [2.24, 2.45) is 0 Å². The van der Waals surface area contributed by atoms with Gasteiger partial charge in [-0.2, -0.15) is 0 Å². The summed E-state index contributed by atoms with van der Waals surface area (Å²) in [6, 6.07) is 11.0. The molecule has 0 aliphatic carbocycles. The number of ether oxygens (including phenoxy) is 3. The molecule has 126 valence electrons. The molecule has 3 rings (SSSR count). The Balaban J connectivity index is 1.54. The van der Waals surface area contributed by atoms with Crippen molar-refractivity contribution in [3.63, 3.8) is 0 Å². The molecule has 1 aliphatic heterocycles. The Hall–Kier alpha value is -2.60. The van der Waals surface area contributed by atoms with Crippen molar-refractivity contribution in [2.45, 2.75) is 6.10 Å². The lowest BCUT2D eigenvalue weighted by atomic mass is 10.1. The van der Waals surface area contributed by atoms with Crippen molar-refractivity contribution < 1.29 is 19.0 Å². The number of rotatable bonds is 5. The average molecular weight is 328 g/mol. The Labute approximate surface area is 141 Å². The van der Waals surface area contributed by atoms with Crippen LogP contribution in [0.4, 0.5) is 0 Å². The van der Waals surface area contributed by atoms with Crippen LogP contribution in [0, 0.1) is 0 Å². The second-order valence-corrected chi connectivity index (χ2v) is 5.44. The largest absolute Gasteiger partial charge is 0.497 e. The summed E-state index contributed by atoms with van der Waals surface area (Å²) >= 11 is 0. The van der Waals surface area contributed by atoms with Gasteiger partial charge in [-0.05, 0) is 42.0 Å². The third-order valence-corrected chi connectivity index (χ3v) is 3.92. The van der Waals surface area contributed by atoms with E-state index in [2.05, 4.69) is 4.98 Å². The molecule has 0 spiro atoms. The molecule has 1 fully saturated rings. The van der Waals surface area contributed by atoms with Crippen LogP contribution in [0.3, 0.4) is 0 Å². The molecule has 1 saturated heterocycles. The summed E-state index contributed by atoms with van der Waals surface area (Å²) in [4.78, 5) is 18.2. The fourth-order valence-corrected chi connectivity index (χ4v) is 2.56. The van der Waals surface area contributed by atoms with Crippen molar-refractivity contribution in [1.29, 1.82) is 0 Å². The number of hydrogen-bond acceptors (Lipinski definition) is 5. The van der Waals surface area contributed by atoms with Crippen LogP contribution in [0.1, 0.15) is 11.7 Å². The fourth-order valence-electron chi connectivity index (χ4n) is 2.56. The fraction of sp³-hybridized carbons (Fsp3) is 0.333. The first-order chi connectivity index (χ1) is 11.8. The summed E-state index contributed by atoms with van der Waals surface area (Å²) in [5.74, 6) is 1.35. The number of aromatic nitrogens is 1. The van der Waals surface area contributed by atoms with Gasteiger partial charge in [0.2, 0.25) is 0 Å². The van der Waals surface area contributed by atoms with Gasteiger partial charge in [0.25, 0.3) is 5.91 Å². The highest BCUT2D eigenvalue weighted by Gasteiger charge is 2.25. The van der Waals surface area contributed by atoms with E-state index in [1.54, 1.807) is 48.7 Å². The molecule has 1 aromatic carbocycles. The quantitative estimate of drug-likeness (QED) is 0.841. The number of amides is 1. The summed E-state index contributed by atoms with van der Waals surface area (Å²) in [7, 11) is 1.61. The van der Waals surface area contributed by atoms with Gasteiger partial charge in [0.05, 0.1) is 20.3 Å². The van der Waals surface area contributed by atoms with Gasteiger partial charge in [0.1, 0.15) is 17.6 Å². The lowest BCUT2D eigenvalue weighted by Crippen LogP contribution is -2.44. The van der Waals surface area contributed by atoms with Crippen LogP contribution in [-0.2, 0) is 9.53 Å². The number of carbonyl (C=O) groups is 1. The van der Waals surface area contributed by atoms with Crippen molar-refractivity contribution in [2.75, 3.05) is 33.4 Å². The molecule has 0 unspecified atom stereocenters. The highest BCUT2D eigenvalue weighted by atomic mass is 16.5. The molecule has 2 heterocycles. The third kappa shape index (κ3) is 4.02. The highest BCUT2D eigenvalue weighted by Crippen LogP contribution is 2.22. The molecule has 24 heavy (non-hydrogen) atoms. The van der Waals surface area contributed by atoms with Crippen LogP contribution in [0.2, 0.25) is 0 Å². The summed E-state index contributed by atoms with van der Waals surface area (Å²) in [5.41, 5.74) is 1.03. The maximum Gasteiger partial charge on any atom is 0.260 e. The van der Waals surface area contributed by atoms with Crippen LogP contribution in [0.25, 0.3) is 0 Å². The molecule has 0 N–H and O–H groups in total. The average Bonchev–Trinajstić information content (AvgIpc) is 2.67. The molecule has 6 heteroatoms. The van der Waals surface area contributed by atoms with Crippen LogP contribution >= 0.6 is 0 Å².